The largest absolute Gasteiger partial charge is 0.334 e. The van der Waals surface area contributed by atoms with Crippen LogP contribution in [-0.4, -0.2) is 32.5 Å². The van der Waals surface area contributed by atoms with Crippen LogP contribution in [0, 0.1) is 5.82 Å². The zero-order chi connectivity index (χ0) is 18.6. The molecule has 0 radical (unpaired) electrons. The Morgan fingerprint density at radius 1 is 1.15 bits per heavy atom. The van der Waals surface area contributed by atoms with E-state index in [2.05, 4.69) is 27.4 Å². The topological polar surface area (TPSA) is 34.0 Å². The summed E-state index contributed by atoms with van der Waals surface area (Å²) in [4.78, 5) is 11.8. The van der Waals surface area contributed by atoms with E-state index in [1.165, 1.54) is 6.07 Å². The van der Waals surface area contributed by atoms with E-state index in [-0.39, 0.29) is 5.82 Å². The number of hydrogen-bond donors (Lipinski definition) is 0. The molecular weight excluding hydrogens is 339 g/mol. The monoisotopic (exact) mass is 364 g/mol. The van der Waals surface area contributed by atoms with E-state index in [0.29, 0.717) is 17.2 Å². The molecule has 0 N–H and O–H groups in total. The van der Waals surface area contributed by atoms with Crippen molar-refractivity contribution in [3.8, 4) is 11.3 Å². The first-order valence-corrected chi connectivity index (χ1v) is 9.69. The van der Waals surface area contributed by atoms with Gasteiger partial charge in [0.2, 0.25) is 0 Å². The van der Waals surface area contributed by atoms with Crippen molar-refractivity contribution < 1.29 is 4.39 Å². The summed E-state index contributed by atoms with van der Waals surface area (Å²) in [6.07, 6.45) is 6.17. The highest BCUT2D eigenvalue weighted by Gasteiger charge is 2.23. The Morgan fingerprint density at radius 3 is 2.89 bits per heavy atom. The molecule has 4 rings (SSSR count). The predicted molar refractivity (Wildman–Crippen MR) is 105 cm³/mol. The average Bonchev–Trinajstić information content (AvgIpc) is 3.16. The van der Waals surface area contributed by atoms with Crippen LogP contribution < -0.4 is 0 Å². The van der Waals surface area contributed by atoms with E-state index < -0.39 is 0 Å². The molecule has 27 heavy (non-hydrogen) atoms. The van der Waals surface area contributed by atoms with Crippen molar-refractivity contribution in [2.24, 2.45) is 0 Å². The highest BCUT2D eigenvalue weighted by atomic mass is 19.1. The number of halogens is 1. The van der Waals surface area contributed by atoms with Crippen molar-refractivity contribution in [2.75, 3.05) is 13.1 Å². The van der Waals surface area contributed by atoms with Crippen molar-refractivity contribution >= 4 is 0 Å². The number of likely N-dealkylation sites (tertiary alicyclic amines) is 1. The molecular formula is C22H25FN4. The summed E-state index contributed by atoms with van der Waals surface area (Å²) in [7, 11) is 0. The second-order valence-electron chi connectivity index (χ2n) is 7.13. The number of hydrogen-bond acceptors (Lipinski definition) is 3. The third-order valence-corrected chi connectivity index (χ3v) is 5.35. The third kappa shape index (κ3) is 3.93. The Balaban J connectivity index is 1.52. The van der Waals surface area contributed by atoms with Crippen molar-refractivity contribution in [3.63, 3.8) is 0 Å². The number of nitrogens with zero attached hydrogens (tertiary/aromatic N) is 4. The normalized spacial score (nSPS) is 17.9. The first-order chi connectivity index (χ1) is 13.2. The van der Waals surface area contributed by atoms with Crippen LogP contribution in [0.1, 0.15) is 37.2 Å². The van der Waals surface area contributed by atoms with Crippen LogP contribution in [0.25, 0.3) is 11.3 Å². The Hall–Kier alpha value is -2.53. The van der Waals surface area contributed by atoms with Crippen LogP contribution in [-0.2, 0) is 13.1 Å². The molecule has 0 unspecified atom stereocenters. The standard InChI is InChI=1S/C22H25FN4/c1-2-27-14-12-24-22(27)16-26-13-6-7-17(15-26)20-10-5-11-21(25-20)18-8-3-4-9-19(18)23/h3-5,8-12,14,17H,2,6-7,13,15-16H2,1H3/t17-/m1/s1. The van der Waals surface area contributed by atoms with Crippen molar-refractivity contribution in [1.82, 2.24) is 19.4 Å². The maximum absolute atomic E-state index is 14.1. The molecule has 1 atom stereocenters. The summed E-state index contributed by atoms with van der Waals surface area (Å²) in [5.41, 5.74) is 2.33. The summed E-state index contributed by atoms with van der Waals surface area (Å²) in [6, 6.07) is 12.8. The molecule has 1 aliphatic heterocycles. The van der Waals surface area contributed by atoms with Gasteiger partial charge in [-0.25, -0.2) is 9.37 Å². The van der Waals surface area contributed by atoms with Gasteiger partial charge in [0.15, 0.2) is 0 Å². The van der Waals surface area contributed by atoms with E-state index in [4.69, 9.17) is 4.98 Å². The summed E-state index contributed by atoms with van der Waals surface area (Å²) < 4.78 is 16.3. The highest BCUT2D eigenvalue weighted by Crippen LogP contribution is 2.29. The Bertz CT molecular complexity index is 905. The smallest absolute Gasteiger partial charge is 0.132 e. The van der Waals surface area contributed by atoms with Gasteiger partial charge in [0, 0.05) is 42.7 Å². The van der Waals surface area contributed by atoms with Crippen LogP contribution in [0.4, 0.5) is 4.39 Å². The maximum atomic E-state index is 14.1. The molecule has 0 bridgehead atoms. The van der Waals surface area contributed by atoms with Gasteiger partial charge in [-0.05, 0) is 50.6 Å². The summed E-state index contributed by atoms with van der Waals surface area (Å²) in [5.74, 6) is 1.26. The Kier molecular flexibility index (Phi) is 5.30. The fourth-order valence-corrected chi connectivity index (χ4v) is 3.92. The number of aryl methyl sites for hydroxylation is 1. The van der Waals surface area contributed by atoms with Gasteiger partial charge in [-0.3, -0.25) is 9.88 Å². The van der Waals surface area contributed by atoms with Gasteiger partial charge in [-0.2, -0.15) is 0 Å². The molecule has 0 aliphatic carbocycles. The molecule has 0 saturated carbocycles. The van der Waals surface area contributed by atoms with Crippen molar-refractivity contribution in [1.29, 1.82) is 0 Å². The van der Waals surface area contributed by atoms with Crippen LogP contribution in [0.2, 0.25) is 0 Å². The second kappa shape index (κ2) is 8.01. The summed E-state index contributed by atoms with van der Waals surface area (Å²) in [6.45, 7) is 6.00. The van der Waals surface area contributed by atoms with E-state index in [0.717, 1.165) is 50.5 Å². The molecule has 0 amide bonds. The van der Waals surface area contributed by atoms with Gasteiger partial charge in [0.1, 0.15) is 11.6 Å². The zero-order valence-electron chi connectivity index (χ0n) is 15.7. The van der Waals surface area contributed by atoms with Crippen LogP contribution in [0.5, 0.6) is 0 Å². The maximum Gasteiger partial charge on any atom is 0.132 e. The minimum atomic E-state index is -0.223. The van der Waals surface area contributed by atoms with Crippen molar-refractivity contribution in [2.45, 2.75) is 38.8 Å². The highest BCUT2D eigenvalue weighted by molar-refractivity contribution is 5.59. The molecule has 1 fully saturated rings. The number of imidazole rings is 1. The second-order valence-corrected chi connectivity index (χ2v) is 7.13. The van der Waals surface area contributed by atoms with Gasteiger partial charge in [0.05, 0.1) is 12.2 Å². The third-order valence-electron chi connectivity index (χ3n) is 5.35. The summed E-state index contributed by atoms with van der Waals surface area (Å²) >= 11 is 0. The lowest BCUT2D eigenvalue weighted by atomic mass is 9.93. The van der Waals surface area contributed by atoms with Gasteiger partial charge in [-0.1, -0.05) is 18.2 Å². The van der Waals surface area contributed by atoms with E-state index >= 15 is 0 Å². The minimum absolute atomic E-state index is 0.223. The van der Waals surface area contributed by atoms with Gasteiger partial charge in [-0.15, -0.1) is 0 Å². The molecule has 1 aliphatic rings. The number of aromatic nitrogens is 3. The molecule has 140 valence electrons. The molecule has 2 aromatic heterocycles. The molecule has 0 spiro atoms. The first kappa shape index (κ1) is 17.9. The Morgan fingerprint density at radius 2 is 2.04 bits per heavy atom. The van der Waals surface area contributed by atoms with Gasteiger partial charge >= 0.3 is 0 Å². The lowest BCUT2D eigenvalue weighted by molar-refractivity contribution is 0.192. The van der Waals surface area contributed by atoms with Crippen LogP contribution in [0.3, 0.4) is 0 Å². The van der Waals surface area contributed by atoms with Crippen LogP contribution >= 0.6 is 0 Å². The lowest BCUT2D eigenvalue weighted by Crippen LogP contribution is -2.35. The van der Waals surface area contributed by atoms with Gasteiger partial charge in [0.25, 0.3) is 0 Å². The SMILES string of the molecule is CCn1ccnc1CN1CCC[C@@H](c2cccc(-c3ccccc3F)n2)C1. The fourth-order valence-electron chi connectivity index (χ4n) is 3.92. The quantitative estimate of drug-likeness (QED) is 0.669. The zero-order valence-corrected chi connectivity index (χ0v) is 15.7. The van der Waals surface area contributed by atoms with Crippen molar-refractivity contribution in [3.05, 3.63) is 72.2 Å². The van der Waals surface area contributed by atoms with E-state index in [1.807, 2.05) is 30.6 Å². The lowest BCUT2D eigenvalue weighted by Gasteiger charge is -2.32. The molecule has 1 aromatic carbocycles. The minimum Gasteiger partial charge on any atom is -0.334 e. The van der Waals surface area contributed by atoms with E-state index in [1.54, 1.807) is 12.1 Å². The first-order valence-electron chi connectivity index (χ1n) is 9.69. The average molecular weight is 364 g/mol. The molecule has 5 heteroatoms. The number of pyridine rings is 1. The number of rotatable bonds is 5. The summed E-state index contributed by atoms with van der Waals surface area (Å²) in [5, 5.41) is 0. The molecule has 3 heterocycles. The Labute approximate surface area is 159 Å². The van der Waals surface area contributed by atoms with Crippen LogP contribution in [0.15, 0.2) is 54.9 Å². The number of benzene rings is 1. The molecule has 4 nitrogen and oxygen atoms in total. The number of piperidine rings is 1. The molecule has 3 aromatic rings. The van der Waals surface area contributed by atoms with Gasteiger partial charge < -0.3 is 4.57 Å². The molecule has 1 saturated heterocycles. The van der Waals surface area contributed by atoms with E-state index in [9.17, 15) is 4.39 Å². The predicted octanol–water partition coefficient (Wildman–Crippen LogP) is 4.48. The fraction of sp³-hybridized carbons (Fsp3) is 0.364.